The number of aliphatic carboxylic acids is 1. The van der Waals surface area contributed by atoms with Gasteiger partial charge in [-0.25, -0.2) is 4.79 Å². The van der Waals surface area contributed by atoms with Crippen molar-refractivity contribution in [3.63, 3.8) is 0 Å². The SMILES string of the molecule is CCC(NC1C(NC(=O)OC(C)(C)C)C2CCCOC21)C(=O)O. The van der Waals surface area contributed by atoms with Crippen LogP contribution in [0.3, 0.4) is 0 Å². The first-order valence-corrected chi connectivity index (χ1v) is 8.33. The van der Waals surface area contributed by atoms with Crippen LogP contribution in [0, 0.1) is 5.92 Å². The van der Waals surface area contributed by atoms with Crippen LogP contribution < -0.4 is 10.6 Å². The van der Waals surface area contributed by atoms with E-state index in [0.717, 1.165) is 12.8 Å². The van der Waals surface area contributed by atoms with E-state index in [4.69, 9.17) is 9.47 Å². The predicted molar refractivity (Wildman–Crippen MR) is 84.3 cm³/mol. The zero-order valence-corrected chi connectivity index (χ0v) is 14.3. The maximum atomic E-state index is 12.1. The fourth-order valence-electron chi connectivity index (χ4n) is 3.34. The molecule has 5 atom stereocenters. The minimum atomic E-state index is -0.886. The number of nitrogens with one attached hydrogen (secondary N) is 2. The van der Waals surface area contributed by atoms with E-state index in [1.807, 2.05) is 27.7 Å². The summed E-state index contributed by atoms with van der Waals surface area (Å²) in [6.07, 6.45) is 1.88. The van der Waals surface area contributed by atoms with Crippen molar-refractivity contribution in [2.75, 3.05) is 6.61 Å². The number of hydrogen-bond acceptors (Lipinski definition) is 5. The van der Waals surface area contributed by atoms with Gasteiger partial charge in [-0.3, -0.25) is 10.1 Å². The van der Waals surface area contributed by atoms with Crippen LogP contribution in [0.25, 0.3) is 0 Å². The summed E-state index contributed by atoms with van der Waals surface area (Å²) in [6.45, 7) is 7.94. The molecule has 2 rings (SSSR count). The number of carboxylic acids is 1. The summed E-state index contributed by atoms with van der Waals surface area (Å²) in [5.74, 6) is -0.678. The Balaban J connectivity index is 2.01. The highest BCUT2D eigenvalue weighted by atomic mass is 16.6. The lowest BCUT2D eigenvalue weighted by molar-refractivity contribution is -0.147. The van der Waals surface area contributed by atoms with Crippen molar-refractivity contribution < 1.29 is 24.2 Å². The summed E-state index contributed by atoms with van der Waals surface area (Å²) >= 11 is 0. The molecule has 7 heteroatoms. The van der Waals surface area contributed by atoms with Gasteiger partial charge < -0.3 is 19.9 Å². The van der Waals surface area contributed by atoms with Gasteiger partial charge in [0.2, 0.25) is 0 Å². The summed E-state index contributed by atoms with van der Waals surface area (Å²) < 4.78 is 11.1. The van der Waals surface area contributed by atoms with Crippen LogP contribution >= 0.6 is 0 Å². The summed E-state index contributed by atoms with van der Waals surface area (Å²) in [5.41, 5.74) is -0.563. The third-order valence-corrected chi connectivity index (χ3v) is 4.40. The van der Waals surface area contributed by atoms with E-state index in [2.05, 4.69) is 10.6 Å². The molecular formula is C16H28N2O5. The second-order valence-electron chi connectivity index (χ2n) is 7.31. The van der Waals surface area contributed by atoms with E-state index in [1.54, 1.807) is 0 Å². The average Bonchev–Trinajstić information content (AvgIpc) is 2.43. The number of hydrogen-bond donors (Lipinski definition) is 3. The maximum absolute atomic E-state index is 12.1. The van der Waals surface area contributed by atoms with Crippen molar-refractivity contribution >= 4 is 12.1 Å². The molecule has 1 amide bonds. The molecule has 0 aromatic carbocycles. The Morgan fingerprint density at radius 3 is 2.61 bits per heavy atom. The van der Waals surface area contributed by atoms with E-state index in [0.29, 0.717) is 13.0 Å². The number of amides is 1. The number of rotatable bonds is 5. The Morgan fingerprint density at radius 2 is 2.04 bits per heavy atom. The molecule has 0 spiro atoms. The van der Waals surface area contributed by atoms with Crippen molar-refractivity contribution in [1.82, 2.24) is 10.6 Å². The first kappa shape index (κ1) is 18.0. The van der Waals surface area contributed by atoms with Crippen molar-refractivity contribution in [1.29, 1.82) is 0 Å². The lowest BCUT2D eigenvalue weighted by atomic mass is 9.68. The quantitative estimate of drug-likeness (QED) is 0.708. The average molecular weight is 328 g/mol. The number of alkyl carbamates (subject to hydrolysis) is 1. The van der Waals surface area contributed by atoms with Gasteiger partial charge >= 0.3 is 12.1 Å². The summed E-state index contributed by atoms with van der Waals surface area (Å²) in [6, 6.07) is -1.01. The molecule has 2 aliphatic rings. The lowest BCUT2D eigenvalue weighted by Crippen LogP contribution is -2.74. The van der Waals surface area contributed by atoms with Gasteiger partial charge in [0.25, 0.3) is 0 Å². The molecule has 23 heavy (non-hydrogen) atoms. The number of carboxylic acid groups (broad SMARTS) is 1. The number of carbonyl (C=O) groups is 2. The molecular weight excluding hydrogens is 300 g/mol. The second-order valence-corrected chi connectivity index (χ2v) is 7.31. The van der Waals surface area contributed by atoms with Crippen molar-refractivity contribution in [3.05, 3.63) is 0 Å². The summed E-state index contributed by atoms with van der Waals surface area (Å²) in [5, 5.41) is 15.3. The Morgan fingerprint density at radius 1 is 1.35 bits per heavy atom. The molecule has 1 saturated heterocycles. The molecule has 3 N–H and O–H groups in total. The summed E-state index contributed by atoms with van der Waals surface area (Å²) in [4.78, 5) is 23.3. The Hall–Kier alpha value is -1.34. The third-order valence-electron chi connectivity index (χ3n) is 4.40. The van der Waals surface area contributed by atoms with Crippen LogP contribution in [-0.2, 0) is 14.3 Å². The molecule has 1 saturated carbocycles. The van der Waals surface area contributed by atoms with Gasteiger partial charge in [-0.1, -0.05) is 6.92 Å². The zero-order chi connectivity index (χ0) is 17.2. The molecule has 1 aliphatic heterocycles. The van der Waals surface area contributed by atoms with Gasteiger partial charge in [-0.2, -0.15) is 0 Å². The highest BCUT2D eigenvalue weighted by Crippen LogP contribution is 2.38. The summed E-state index contributed by atoms with van der Waals surface area (Å²) in [7, 11) is 0. The van der Waals surface area contributed by atoms with Crippen LogP contribution in [0.1, 0.15) is 47.0 Å². The molecule has 0 aromatic heterocycles. The van der Waals surface area contributed by atoms with Gasteiger partial charge in [0.05, 0.1) is 18.2 Å². The van der Waals surface area contributed by atoms with E-state index < -0.39 is 23.7 Å². The van der Waals surface area contributed by atoms with E-state index in [-0.39, 0.29) is 24.1 Å². The molecule has 132 valence electrons. The van der Waals surface area contributed by atoms with Gasteiger partial charge in [-0.15, -0.1) is 0 Å². The normalized spacial score (nSPS) is 31.5. The van der Waals surface area contributed by atoms with Crippen molar-refractivity contribution in [2.24, 2.45) is 5.92 Å². The Bertz CT molecular complexity index is 448. The monoisotopic (exact) mass is 328 g/mol. The second kappa shape index (κ2) is 7.05. The maximum Gasteiger partial charge on any atom is 0.407 e. The molecule has 1 aliphatic carbocycles. The van der Waals surface area contributed by atoms with Gasteiger partial charge in [-0.05, 0) is 40.0 Å². The Labute approximate surface area is 137 Å². The molecule has 5 unspecified atom stereocenters. The highest BCUT2D eigenvalue weighted by Gasteiger charge is 2.54. The fourth-order valence-corrected chi connectivity index (χ4v) is 3.34. The predicted octanol–water partition coefficient (Wildman–Crippen LogP) is 1.51. The molecule has 0 radical (unpaired) electrons. The first-order chi connectivity index (χ1) is 10.7. The van der Waals surface area contributed by atoms with Crippen LogP contribution in [0.2, 0.25) is 0 Å². The van der Waals surface area contributed by atoms with Gasteiger partial charge in [0.15, 0.2) is 0 Å². The standard InChI is InChI=1S/C16H28N2O5/c1-5-10(14(19)20)17-12-11(9-7-6-8-22-13(9)12)18-15(21)23-16(2,3)4/h9-13,17H,5-8H2,1-4H3,(H,18,21)(H,19,20). The number of fused-ring (bicyclic) bond motifs is 1. The minimum absolute atomic E-state index is 0.0444. The van der Waals surface area contributed by atoms with Crippen molar-refractivity contribution in [3.8, 4) is 0 Å². The molecule has 0 aromatic rings. The fraction of sp³-hybridized carbons (Fsp3) is 0.875. The smallest absolute Gasteiger partial charge is 0.407 e. The number of carbonyl (C=O) groups excluding carboxylic acids is 1. The van der Waals surface area contributed by atoms with E-state index in [1.165, 1.54) is 0 Å². The first-order valence-electron chi connectivity index (χ1n) is 8.33. The molecule has 0 bridgehead atoms. The van der Waals surface area contributed by atoms with E-state index in [9.17, 15) is 14.7 Å². The van der Waals surface area contributed by atoms with E-state index >= 15 is 0 Å². The van der Waals surface area contributed by atoms with Crippen molar-refractivity contribution in [2.45, 2.75) is 76.8 Å². The number of ether oxygens (including phenoxy) is 2. The third kappa shape index (κ3) is 4.35. The lowest BCUT2D eigenvalue weighted by Gasteiger charge is -2.54. The van der Waals surface area contributed by atoms with Gasteiger partial charge in [0, 0.05) is 12.5 Å². The van der Waals surface area contributed by atoms with Gasteiger partial charge in [0.1, 0.15) is 11.6 Å². The topological polar surface area (TPSA) is 96.9 Å². The zero-order valence-electron chi connectivity index (χ0n) is 14.3. The molecule has 7 nitrogen and oxygen atoms in total. The molecule has 2 fully saturated rings. The van der Waals surface area contributed by atoms with Crippen LogP contribution in [0.15, 0.2) is 0 Å². The van der Waals surface area contributed by atoms with Crippen LogP contribution in [0.4, 0.5) is 4.79 Å². The van der Waals surface area contributed by atoms with Crippen LogP contribution in [-0.4, -0.2) is 53.6 Å². The largest absolute Gasteiger partial charge is 0.480 e. The van der Waals surface area contributed by atoms with Crippen LogP contribution in [0.5, 0.6) is 0 Å². The minimum Gasteiger partial charge on any atom is -0.480 e. The molecule has 1 heterocycles. The highest BCUT2D eigenvalue weighted by molar-refractivity contribution is 5.73. The Kier molecular flexibility index (Phi) is 5.52.